The quantitative estimate of drug-likeness (QED) is 0.707. The van der Waals surface area contributed by atoms with Crippen LogP contribution in [0.2, 0.25) is 0 Å². The molecule has 0 fully saturated rings. The van der Waals surface area contributed by atoms with Crippen molar-refractivity contribution in [3.8, 4) is 11.3 Å². The Hall–Kier alpha value is -2.23. The van der Waals surface area contributed by atoms with Gasteiger partial charge in [-0.3, -0.25) is 0 Å². The van der Waals surface area contributed by atoms with Crippen molar-refractivity contribution in [1.82, 2.24) is 9.97 Å². The summed E-state index contributed by atoms with van der Waals surface area (Å²) in [5.41, 5.74) is 9.67. The molecule has 4 heteroatoms. The van der Waals surface area contributed by atoms with Crippen molar-refractivity contribution < 1.29 is 4.42 Å². The second kappa shape index (κ2) is 3.66. The van der Waals surface area contributed by atoms with Crippen LogP contribution in [-0.2, 0) is 6.42 Å². The second-order valence-corrected chi connectivity index (χ2v) is 3.95. The van der Waals surface area contributed by atoms with E-state index in [2.05, 4.69) is 29.0 Å². The minimum absolute atomic E-state index is 0.201. The maximum absolute atomic E-state index is 5.53. The molecule has 2 aromatic heterocycles. The number of hydrogen-bond donors (Lipinski definition) is 2. The van der Waals surface area contributed by atoms with Gasteiger partial charge in [0.05, 0.1) is 0 Å². The van der Waals surface area contributed by atoms with Crippen molar-refractivity contribution in [2.24, 2.45) is 0 Å². The van der Waals surface area contributed by atoms with Crippen LogP contribution in [0.3, 0.4) is 0 Å². The Bertz CT molecular complexity index is 666. The molecule has 0 bridgehead atoms. The van der Waals surface area contributed by atoms with Gasteiger partial charge in [0, 0.05) is 22.2 Å². The summed E-state index contributed by atoms with van der Waals surface area (Å²) in [7, 11) is 0. The van der Waals surface area contributed by atoms with Crippen molar-refractivity contribution in [1.29, 1.82) is 0 Å². The van der Waals surface area contributed by atoms with E-state index in [9.17, 15) is 0 Å². The maximum Gasteiger partial charge on any atom is 0.292 e. The molecule has 0 saturated heterocycles. The minimum Gasteiger partial charge on any atom is -0.432 e. The number of H-pyrrole nitrogens is 1. The lowest BCUT2D eigenvalue weighted by atomic mass is 10.1. The standard InChI is InChI=1S/C13H13N3O/c1-2-9-12(11-7-17-13(14)16-11)8-5-3-4-6-10(8)15-9/h3-7,15H,2H2,1H3,(H2,14,16). The lowest BCUT2D eigenvalue weighted by Crippen LogP contribution is -1.87. The molecule has 86 valence electrons. The van der Waals surface area contributed by atoms with E-state index in [1.807, 2.05) is 12.1 Å². The van der Waals surface area contributed by atoms with Crippen LogP contribution in [-0.4, -0.2) is 9.97 Å². The molecule has 3 rings (SSSR count). The van der Waals surface area contributed by atoms with E-state index in [0.717, 1.165) is 34.3 Å². The number of nitrogen functional groups attached to an aromatic ring is 1. The first-order chi connectivity index (χ1) is 8.29. The second-order valence-electron chi connectivity index (χ2n) is 3.95. The molecule has 0 atom stereocenters. The smallest absolute Gasteiger partial charge is 0.292 e. The van der Waals surface area contributed by atoms with Gasteiger partial charge in [-0.1, -0.05) is 25.1 Å². The van der Waals surface area contributed by atoms with Crippen LogP contribution < -0.4 is 5.73 Å². The average molecular weight is 227 g/mol. The normalized spacial score (nSPS) is 11.1. The van der Waals surface area contributed by atoms with Gasteiger partial charge in [0.2, 0.25) is 0 Å². The zero-order valence-electron chi connectivity index (χ0n) is 9.53. The van der Waals surface area contributed by atoms with Gasteiger partial charge in [-0.15, -0.1) is 0 Å². The van der Waals surface area contributed by atoms with Gasteiger partial charge < -0.3 is 15.1 Å². The third-order valence-corrected chi connectivity index (χ3v) is 2.92. The lowest BCUT2D eigenvalue weighted by Gasteiger charge is -1.97. The Kier molecular flexibility index (Phi) is 2.14. The number of benzene rings is 1. The van der Waals surface area contributed by atoms with Crippen LogP contribution in [0.4, 0.5) is 6.01 Å². The summed E-state index contributed by atoms with van der Waals surface area (Å²) < 4.78 is 5.09. The maximum atomic E-state index is 5.53. The summed E-state index contributed by atoms with van der Waals surface area (Å²) >= 11 is 0. The highest BCUT2D eigenvalue weighted by atomic mass is 16.4. The summed E-state index contributed by atoms with van der Waals surface area (Å²) in [6, 6.07) is 8.36. The molecular formula is C13H13N3O. The number of aromatic nitrogens is 2. The molecule has 3 N–H and O–H groups in total. The van der Waals surface area contributed by atoms with Crippen molar-refractivity contribution in [2.45, 2.75) is 13.3 Å². The summed E-state index contributed by atoms with van der Waals surface area (Å²) in [6.07, 6.45) is 2.51. The number of rotatable bonds is 2. The topological polar surface area (TPSA) is 67.8 Å². The van der Waals surface area contributed by atoms with Crippen LogP contribution >= 0.6 is 0 Å². The number of nitrogens with one attached hydrogen (secondary N) is 1. The third-order valence-electron chi connectivity index (χ3n) is 2.92. The Balaban J connectivity index is 2.33. The molecule has 3 aromatic rings. The number of nitrogens with zero attached hydrogens (tertiary/aromatic N) is 1. The molecule has 0 aliphatic carbocycles. The van der Waals surface area contributed by atoms with Crippen LogP contribution in [0.1, 0.15) is 12.6 Å². The molecular weight excluding hydrogens is 214 g/mol. The first-order valence-corrected chi connectivity index (χ1v) is 5.60. The van der Waals surface area contributed by atoms with Crippen LogP contribution in [0.5, 0.6) is 0 Å². The van der Waals surface area contributed by atoms with Gasteiger partial charge in [0.25, 0.3) is 6.01 Å². The Labute approximate surface area is 98.5 Å². The highest BCUT2D eigenvalue weighted by molar-refractivity contribution is 5.96. The van der Waals surface area contributed by atoms with Crippen molar-refractivity contribution >= 4 is 16.9 Å². The van der Waals surface area contributed by atoms with Crippen molar-refractivity contribution in [2.75, 3.05) is 5.73 Å². The molecule has 0 radical (unpaired) electrons. The van der Waals surface area contributed by atoms with Gasteiger partial charge in [-0.25, -0.2) is 0 Å². The fraction of sp³-hybridized carbons (Fsp3) is 0.154. The molecule has 0 saturated carbocycles. The van der Waals surface area contributed by atoms with E-state index >= 15 is 0 Å². The number of aryl methyl sites for hydroxylation is 1. The summed E-state index contributed by atoms with van der Waals surface area (Å²) in [5, 5.41) is 1.15. The summed E-state index contributed by atoms with van der Waals surface area (Å²) in [6.45, 7) is 2.11. The van der Waals surface area contributed by atoms with E-state index in [1.165, 1.54) is 0 Å². The number of oxazole rings is 1. The van der Waals surface area contributed by atoms with Gasteiger partial charge in [0.1, 0.15) is 12.0 Å². The van der Waals surface area contributed by atoms with Crippen LogP contribution in [0.15, 0.2) is 34.9 Å². The number of nitrogens with two attached hydrogens (primary N) is 1. The van der Waals surface area contributed by atoms with Crippen molar-refractivity contribution in [3.05, 3.63) is 36.2 Å². The monoisotopic (exact) mass is 227 g/mol. The molecule has 0 unspecified atom stereocenters. The number of anilines is 1. The summed E-state index contributed by atoms with van der Waals surface area (Å²) in [4.78, 5) is 7.60. The number of para-hydroxylation sites is 1. The van der Waals surface area contributed by atoms with Crippen molar-refractivity contribution in [3.63, 3.8) is 0 Å². The molecule has 0 spiro atoms. The van der Waals surface area contributed by atoms with E-state index in [0.29, 0.717) is 0 Å². The SMILES string of the molecule is CCc1[nH]c2ccccc2c1-c1coc(N)n1. The zero-order chi connectivity index (χ0) is 11.8. The Morgan fingerprint density at radius 3 is 2.88 bits per heavy atom. The highest BCUT2D eigenvalue weighted by Gasteiger charge is 2.14. The molecule has 0 aliphatic rings. The first-order valence-electron chi connectivity index (χ1n) is 5.60. The first kappa shape index (κ1) is 9.96. The van der Waals surface area contributed by atoms with Gasteiger partial charge in [-0.05, 0) is 12.5 Å². The molecule has 4 nitrogen and oxygen atoms in total. The fourth-order valence-electron chi connectivity index (χ4n) is 2.16. The highest BCUT2D eigenvalue weighted by Crippen LogP contribution is 2.32. The summed E-state index contributed by atoms with van der Waals surface area (Å²) in [5.74, 6) is 0. The number of aromatic amines is 1. The van der Waals surface area contributed by atoms with E-state index < -0.39 is 0 Å². The average Bonchev–Trinajstić information content (AvgIpc) is 2.91. The number of fused-ring (bicyclic) bond motifs is 1. The minimum atomic E-state index is 0.201. The molecule has 1 aromatic carbocycles. The fourth-order valence-corrected chi connectivity index (χ4v) is 2.16. The van der Waals surface area contributed by atoms with Gasteiger partial charge in [-0.2, -0.15) is 4.98 Å². The molecule has 0 amide bonds. The predicted molar refractivity (Wildman–Crippen MR) is 67.6 cm³/mol. The molecule has 0 aliphatic heterocycles. The molecule has 2 heterocycles. The van der Waals surface area contributed by atoms with Crippen LogP contribution in [0.25, 0.3) is 22.2 Å². The van der Waals surface area contributed by atoms with E-state index in [4.69, 9.17) is 10.2 Å². The van der Waals surface area contributed by atoms with Gasteiger partial charge in [0.15, 0.2) is 0 Å². The third kappa shape index (κ3) is 1.49. The lowest BCUT2D eigenvalue weighted by molar-refractivity contribution is 0.581. The van der Waals surface area contributed by atoms with Gasteiger partial charge >= 0.3 is 0 Å². The Morgan fingerprint density at radius 1 is 1.35 bits per heavy atom. The van der Waals surface area contributed by atoms with E-state index in [-0.39, 0.29) is 6.01 Å². The zero-order valence-corrected chi connectivity index (χ0v) is 9.53. The van der Waals surface area contributed by atoms with E-state index in [1.54, 1.807) is 6.26 Å². The largest absolute Gasteiger partial charge is 0.432 e. The number of hydrogen-bond acceptors (Lipinski definition) is 3. The predicted octanol–water partition coefficient (Wildman–Crippen LogP) is 2.97. The Morgan fingerprint density at radius 2 is 2.18 bits per heavy atom. The van der Waals surface area contributed by atoms with Crippen LogP contribution in [0, 0.1) is 0 Å². The molecule has 17 heavy (non-hydrogen) atoms.